The van der Waals surface area contributed by atoms with Gasteiger partial charge in [0.25, 0.3) is 11.8 Å². The molecule has 0 spiro atoms. The first kappa shape index (κ1) is 14.5. The van der Waals surface area contributed by atoms with E-state index in [-0.39, 0.29) is 6.61 Å². The Kier molecular flexibility index (Phi) is 3.55. The normalized spacial score (nSPS) is 13.6. The molecule has 0 bridgehead atoms. The van der Waals surface area contributed by atoms with Gasteiger partial charge < -0.3 is 0 Å². The fourth-order valence-corrected chi connectivity index (χ4v) is 2.84. The third kappa shape index (κ3) is 2.45. The molecular formula is C19H15N2O3+. The number of hydrogen-bond donors (Lipinski definition) is 0. The van der Waals surface area contributed by atoms with E-state index in [0.29, 0.717) is 17.7 Å². The van der Waals surface area contributed by atoms with Crippen molar-refractivity contribution in [1.29, 1.82) is 0 Å². The summed E-state index contributed by atoms with van der Waals surface area (Å²) >= 11 is 0. The van der Waals surface area contributed by atoms with Gasteiger partial charge in [-0.15, -0.1) is 5.06 Å². The number of rotatable bonds is 4. The maximum Gasteiger partial charge on any atom is 0.285 e. The second-order valence-corrected chi connectivity index (χ2v) is 5.60. The van der Waals surface area contributed by atoms with Gasteiger partial charge in [0.15, 0.2) is 18.9 Å². The van der Waals surface area contributed by atoms with Crippen molar-refractivity contribution in [2.75, 3.05) is 6.61 Å². The number of nitrogens with zero attached hydrogens (tertiary/aromatic N) is 2. The molecule has 1 aromatic heterocycles. The van der Waals surface area contributed by atoms with Crippen LogP contribution in [0.25, 0.3) is 10.8 Å². The summed E-state index contributed by atoms with van der Waals surface area (Å²) in [6.07, 6.45) is 3.97. The van der Waals surface area contributed by atoms with Crippen molar-refractivity contribution in [3.63, 3.8) is 0 Å². The van der Waals surface area contributed by atoms with Crippen molar-refractivity contribution in [1.82, 2.24) is 5.06 Å². The zero-order chi connectivity index (χ0) is 16.5. The topological polar surface area (TPSA) is 50.5 Å². The molecule has 2 amide bonds. The highest BCUT2D eigenvalue weighted by Gasteiger charge is 2.36. The van der Waals surface area contributed by atoms with Crippen LogP contribution in [0.3, 0.4) is 0 Å². The molecular weight excluding hydrogens is 304 g/mol. The van der Waals surface area contributed by atoms with Crippen LogP contribution >= 0.6 is 0 Å². The molecule has 4 rings (SSSR count). The fraction of sp³-hybridized carbons (Fsp3) is 0.105. The van der Waals surface area contributed by atoms with Gasteiger partial charge in [-0.25, -0.2) is 4.57 Å². The van der Waals surface area contributed by atoms with Gasteiger partial charge in [-0.3, -0.25) is 14.4 Å². The number of carbonyl (C=O) groups is 2. The molecule has 0 unspecified atom stereocenters. The Morgan fingerprint density at radius 1 is 0.833 bits per heavy atom. The van der Waals surface area contributed by atoms with Gasteiger partial charge in [-0.2, -0.15) is 0 Å². The van der Waals surface area contributed by atoms with Gasteiger partial charge in [0.1, 0.15) is 6.61 Å². The minimum atomic E-state index is -0.404. The van der Waals surface area contributed by atoms with E-state index >= 15 is 0 Å². The van der Waals surface area contributed by atoms with Gasteiger partial charge in [0.05, 0.1) is 11.1 Å². The molecule has 2 heterocycles. The summed E-state index contributed by atoms with van der Waals surface area (Å²) in [6.45, 7) is 0.771. The molecule has 0 saturated heterocycles. The molecule has 2 aromatic carbocycles. The molecule has 1 aliphatic heterocycles. The molecule has 5 heteroatoms. The maximum absolute atomic E-state index is 12.2. The lowest BCUT2D eigenvalue weighted by Crippen LogP contribution is -2.38. The Morgan fingerprint density at radius 3 is 2.17 bits per heavy atom. The molecule has 0 saturated carbocycles. The summed E-state index contributed by atoms with van der Waals surface area (Å²) in [7, 11) is 0. The van der Waals surface area contributed by atoms with Crippen LogP contribution in [0, 0.1) is 0 Å². The molecule has 5 nitrogen and oxygen atoms in total. The highest BCUT2D eigenvalue weighted by Crippen LogP contribution is 2.22. The van der Waals surface area contributed by atoms with Crippen molar-refractivity contribution < 1.29 is 19.0 Å². The van der Waals surface area contributed by atoms with E-state index in [9.17, 15) is 9.59 Å². The van der Waals surface area contributed by atoms with E-state index in [2.05, 4.69) is 6.07 Å². The number of fused-ring (bicyclic) bond motifs is 2. The highest BCUT2D eigenvalue weighted by atomic mass is 16.7. The number of carbonyl (C=O) groups excluding carboxylic acids is 2. The van der Waals surface area contributed by atoms with Crippen molar-refractivity contribution in [3.05, 3.63) is 78.1 Å². The average Bonchev–Trinajstić information content (AvgIpc) is 2.87. The first-order valence-electron chi connectivity index (χ1n) is 7.72. The average molecular weight is 319 g/mol. The van der Waals surface area contributed by atoms with Crippen LogP contribution in [0.5, 0.6) is 0 Å². The monoisotopic (exact) mass is 319 g/mol. The van der Waals surface area contributed by atoms with Crippen LogP contribution in [0.1, 0.15) is 20.7 Å². The van der Waals surface area contributed by atoms with Gasteiger partial charge in [0, 0.05) is 11.5 Å². The molecule has 1 aliphatic rings. The zero-order valence-corrected chi connectivity index (χ0v) is 12.9. The summed E-state index contributed by atoms with van der Waals surface area (Å²) in [5, 5.41) is 3.14. The van der Waals surface area contributed by atoms with Crippen molar-refractivity contribution in [3.8, 4) is 0 Å². The van der Waals surface area contributed by atoms with Crippen LogP contribution in [-0.4, -0.2) is 23.5 Å². The number of hydrogen-bond acceptors (Lipinski definition) is 3. The second-order valence-electron chi connectivity index (χ2n) is 5.60. The Hall–Kier alpha value is -3.05. The minimum Gasteiger partial charge on any atom is -0.266 e. The third-order valence-electron chi connectivity index (χ3n) is 4.07. The molecule has 0 N–H and O–H groups in total. The lowest BCUT2D eigenvalue weighted by atomic mass is 10.1. The summed E-state index contributed by atoms with van der Waals surface area (Å²) in [6, 6.07) is 16.8. The first-order valence-corrected chi connectivity index (χ1v) is 7.72. The van der Waals surface area contributed by atoms with Crippen molar-refractivity contribution >= 4 is 22.6 Å². The number of hydroxylamine groups is 2. The van der Waals surface area contributed by atoms with Gasteiger partial charge >= 0.3 is 0 Å². The van der Waals surface area contributed by atoms with Crippen LogP contribution in [0.2, 0.25) is 0 Å². The second kappa shape index (κ2) is 5.86. The number of aromatic nitrogens is 1. The van der Waals surface area contributed by atoms with Gasteiger partial charge in [0.2, 0.25) is 0 Å². The standard InChI is InChI=1S/C19H15N2O3/c22-18-16-7-3-4-8-17(16)19(23)21(18)24-12-11-20-10-9-14-5-1-2-6-15(14)13-20/h1-10,13H,11-12H2/q+1. The molecule has 0 radical (unpaired) electrons. The molecule has 24 heavy (non-hydrogen) atoms. The Bertz CT molecular complexity index is 917. The van der Waals surface area contributed by atoms with E-state index in [1.165, 1.54) is 0 Å². The molecule has 0 aliphatic carbocycles. The molecule has 0 atom stereocenters. The van der Waals surface area contributed by atoms with Crippen LogP contribution in [0.15, 0.2) is 67.0 Å². The van der Waals surface area contributed by atoms with Gasteiger partial charge in [-0.05, 0) is 23.6 Å². The first-order chi connectivity index (χ1) is 11.7. The van der Waals surface area contributed by atoms with E-state index in [1.54, 1.807) is 24.3 Å². The lowest BCUT2D eigenvalue weighted by molar-refractivity contribution is -0.698. The summed E-state index contributed by atoms with van der Waals surface area (Å²) < 4.78 is 1.97. The Balaban J connectivity index is 1.44. The van der Waals surface area contributed by atoms with E-state index < -0.39 is 11.8 Å². The number of benzene rings is 2. The minimum absolute atomic E-state index is 0.231. The smallest absolute Gasteiger partial charge is 0.266 e. The fourth-order valence-electron chi connectivity index (χ4n) is 2.84. The largest absolute Gasteiger partial charge is 0.285 e. The van der Waals surface area contributed by atoms with E-state index in [1.807, 2.05) is 41.2 Å². The van der Waals surface area contributed by atoms with Crippen LogP contribution in [0.4, 0.5) is 0 Å². The molecule has 0 fully saturated rings. The number of pyridine rings is 1. The summed E-state index contributed by atoms with van der Waals surface area (Å²) in [4.78, 5) is 29.8. The number of imide groups is 1. The highest BCUT2D eigenvalue weighted by molar-refractivity contribution is 6.20. The van der Waals surface area contributed by atoms with Crippen LogP contribution in [-0.2, 0) is 11.4 Å². The number of amides is 2. The predicted molar refractivity (Wildman–Crippen MR) is 87.0 cm³/mol. The maximum atomic E-state index is 12.2. The van der Waals surface area contributed by atoms with E-state index in [0.717, 1.165) is 15.8 Å². The summed E-state index contributed by atoms with van der Waals surface area (Å²) in [5.41, 5.74) is 0.779. The Labute approximate surface area is 138 Å². The zero-order valence-electron chi connectivity index (χ0n) is 12.9. The molecule has 118 valence electrons. The van der Waals surface area contributed by atoms with E-state index in [4.69, 9.17) is 4.84 Å². The van der Waals surface area contributed by atoms with Gasteiger partial charge in [-0.1, -0.05) is 30.3 Å². The SMILES string of the molecule is O=C1c2ccccc2C(=O)N1OCC[n+]1ccc2ccccc2c1. The Morgan fingerprint density at radius 2 is 1.46 bits per heavy atom. The quantitative estimate of drug-likeness (QED) is 0.548. The predicted octanol–water partition coefficient (Wildman–Crippen LogP) is 2.36. The van der Waals surface area contributed by atoms with Crippen LogP contribution < -0.4 is 4.57 Å². The lowest BCUT2D eigenvalue weighted by Gasteiger charge is -2.11. The molecule has 3 aromatic rings. The van der Waals surface area contributed by atoms with Crippen molar-refractivity contribution in [2.45, 2.75) is 6.54 Å². The third-order valence-corrected chi connectivity index (χ3v) is 4.07. The summed E-state index contributed by atoms with van der Waals surface area (Å²) in [5.74, 6) is -0.807. The van der Waals surface area contributed by atoms with Crippen molar-refractivity contribution in [2.24, 2.45) is 0 Å².